The van der Waals surface area contributed by atoms with E-state index in [1.807, 2.05) is 6.07 Å². The van der Waals surface area contributed by atoms with Crippen LogP contribution in [-0.4, -0.2) is 43.0 Å². The summed E-state index contributed by atoms with van der Waals surface area (Å²) in [6.45, 7) is -0.782. The number of alkyl carbamates (subject to hydrolysis) is 1. The maximum absolute atomic E-state index is 11.9. The van der Waals surface area contributed by atoms with E-state index >= 15 is 0 Å². The van der Waals surface area contributed by atoms with Gasteiger partial charge in [-0.1, -0.05) is 60.7 Å². The first kappa shape index (κ1) is 22.4. The van der Waals surface area contributed by atoms with E-state index in [0.717, 1.165) is 5.56 Å². The molecule has 0 unspecified atom stereocenters. The summed E-state index contributed by atoms with van der Waals surface area (Å²) in [5, 5.41) is 18.1. The SMILES string of the molecule is O=C(CNC(=O)OCc1ccccc1)NCC(=O)N[C@@H](Cc1ccccc1)C(=O)[O-]. The Hall–Kier alpha value is -3.88. The van der Waals surface area contributed by atoms with Crippen molar-refractivity contribution in [3.8, 4) is 0 Å². The third kappa shape index (κ3) is 8.42. The Morgan fingerprint density at radius 2 is 1.37 bits per heavy atom. The van der Waals surface area contributed by atoms with Crippen molar-refractivity contribution in [2.24, 2.45) is 0 Å². The van der Waals surface area contributed by atoms with Gasteiger partial charge < -0.3 is 30.6 Å². The van der Waals surface area contributed by atoms with Crippen molar-refractivity contribution in [3.63, 3.8) is 0 Å². The minimum absolute atomic E-state index is 0.0532. The van der Waals surface area contributed by atoms with Crippen LogP contribution in [0.3, 0.4) is 0 Å². The highest BCUT2D eigenvalue weighted by atomic mass is 16.5. The van der Waals surface area contributed by atoms with Gasteiger partial charge in [-0.15, -0.1) is 0 Å². The highest BCUT2D eigenvalue weighted by molar-refractivity contribution is 5.89. The lowest BCUT2D eigenvalue weighted by Crippen LogP contribution is -2.52. The lowest BCUT2D eigenvalue weighted by Gasteiger charge is -2.20. The molecule has 0 fully saturated rings. The number of aliphatic carboxylic acids is 1. The van der Waals surface area contributed by atoms with E-state index in [2.05, 4.69) is 16.0 Å². The highest BCUT2D eigenvalue weighted by Gasteiger charge is 2.15. The number of amides is 3. The normalized spacial score (nSPS) is 11.1. The second-order valence-electron chi connectivity index (χ2n) is 6.32. The van der Waals surface area contributed by atoms with E-state index in [1.54, 1.807) is 54.6 Å². The summed E-state index contributed by atoms with van der Waals surface area (Å²) in [5.74, 6) is -2.75. The Labute approximate surface area is 173 Å². The van der Waals surface area contributed by atoms with Crippen LogP contribution in [0.15, 0.2) is 60.7 Å². The van der Waals surface area contributed by atoms with Crippen LogP contribution in [0.2, 0.25) is 0 Å². The zero-order valence-electron chi connectivity index (χ0n) is 16.1. The van der Waals surface area contributed by atoms with Crippen molar-refractivity contribution in [1.82, 2.24) is 16.0 Å². The summed E-state index contributed by atoms with van der Waals surface area (Å²) in [5.41, 5.74) is 1.51. The standard InChI is InChI=1S/C21H23N3O6/c25-18(12-23-21(29)30-14-16-9-5-2-6-10-16)22-13-19(26)24-17(20(27)28)11-15-7-3-1-4-8-15/h1-10,17H,11-14H2,(H,22,25)(H,23,29)(H,24,26)(H,27,28)/p-1/t17-/m0/s1. The van der Waals surface area contributed by atoms with Crippen molar-refractivity contribution < 1.29 is 29.0 Å². The average Bonchev–Trinajstić information content (AvgIpc) is 2.75. The number of hydrogen-bond donors (Lipinski definition) is 3. The quantitative estimate of drug-likeness (QED) is 0.482. The van der Waals surface area contributed by atoms with Crippen LogP contribution in [0, 0.1) is 0 Å². The van der Waals surface area contributed by atoms with Gasteiger partial charge in [-0.2, -0.15) is 0 Å². The fourth-order valence-corrected chi connectivity index (χ4v) is 2.46. The molecule has 2 aromatic rings. The second-order valence-corrected chi connectivity index (χ2v) is 6.32. The van der Waals surface area contributed by atoms with Gasteiger partial charge in [-0.3, -0.25) is 9.59 Å². The lowest BCUT2D eigenvalue weighted by atomic mass is 10.1. The fraction of sp³-hybridized carbons (Fsp3) is 0.238. The molecule has 0 aliphatic carbocycles. The van der Waals surface area contributed by atoms with Gasteiger partial charge in [0.05, 0.1) is 18.6 Å². The van der Waals surface area contributed by atoms with Gasteiger partial charge in [-0.25, -0.2) is 4.79 Å². The molecule has 0 saturated heterocycles. The predicted molar refractivity (Wildman–Crippen MR) is 105 cm³/mol. The van der Waals surface area contributed by atoms with Crippen LogP contribution in [0.1, 0.15) is 11.1 Å². The summed E-state index contributed by atoms with van der Waals surface area (Å²) in [6, 6.07) is 16.5. The number of benzene rings is 2. The molecule has 0 aliphatic heterocycles. The predicted octanol–water partition coefficient (Wildman–Crippen LogP) is -0.494. The van der Waals surface area contributed by atoms with Gasteiger partial charge in [-0.05, 0) is 17.5 Å². The molecule has 2 rings (SSSR count). The van der Waals surface area contributed by atoms with Crippen molar-refractivity contribution in [2.75, 3.05) is 13.1 Å². The highest BCUT2D eigenvalue weighted by Crippen LogP contribution is 2.03. The summed E-state index contributed by atoms with van der Waals surface area (Å²) in [7, 11) is 0. The van der Waals surface area contributed by atoms with Crippen molar-refractivity contribution in [1.29, 1.82) is 0 Å². The molecule has 3 N–H and O–H groups in total. The monoisotopic (exact) mass is 412 g/mol. The van der Waals surface area contributed by atoms with E-state index in [-0.39, 0.29) is 13.0 Å². The van der Waals surface area contributed by atoms with E-state index in [1.165, 1.54) is 0 Å². The minimum atomic E-state index is -1.43. The van der Waals surface area contributed by atoms with E-state index in [0.29, 0.717) is 5.56 Å². The Kier molecular flexibility index (Phi) is 8.85. The summed E-state index contributed by atoms with van der Waals surface area (Å²) in [4.78, 5) is 46.5. The van der Waals surface area contributed by atoms with Crippen LogP contribution in [-0.2, 0) is 32.1 Å². The zero-order valence-corrected chi connectivity index (χ0v) is 16.1. The number of carboxylic acids is 1. The maximum atomic E-state index is 11.9. The Balaban J connectivity index is 1.67. The first-order chi connectivity index (χ1) is 14.4. The maximum Gasteiger partial charge on any atom is 0.407 e. The molecule has 0 spiro atoms. The first-order valence-electron chi connectivity index (χ1n) is 9.19. The molecule has 0 aliphatic rings. The number of nitrogens with one attached hydrogen (secondary N) is 3. The van der Waals surface area contributed by atoms with Gasteiger partial charge in [0.25, 0.3) is 0 Å². The molecular weight excluding hydrogens is 390 g/mol. The molecule has 2 aromatic carbocycles. The molecule has 158 valence electrons. The number of carbonyl (C=O) groups is 4. The molecule has 3 amide bonds. The third-order valence-corrected chi connectivity index (χ3v) is 3.95. The van der Waals surface area contributed by atoms with Crippen molar-refractivity contribution in [3.05, 3.63) is 71.8 Å². The number of hydrogen-bond acceptors (Lipinski definition) is 6. The fourth-order valence-electron chi connectivity index (χ4n) is 2.46. The summed E-state index contributed by atoms with van der Waals surface area (Å²) >= 11 is 0. The molecular formula is C21H22N3O6-. The number of carbonyl (C=O) groups excluding carboxylic acids is 4. The molecule has 0 saturated carbocycles. The van der Waals surface area contributed by atoms with Crippen LogP contribution in [0.4, 0.5) is 4.79 Å². The Bertz CT molecular complexity index is 858. The molecule has 0 aromatic heterocycles. The van der Waals surface area contributed by atoms with Gasteiger partial charge in [0.2, 0.25) is 11.8 Å². The number of rotatable bonds is 10. The van der Waals surface area contributed by atoms with Crippen LogP contribution in [0.25, 0.3) is 0 Å². The van der Waals surface area contributed by atoms with E-state index in [9.17, 15) is 24.3 Å². The smallest absolute Gasteiger partial charge is 0.407 e. The van der Waals surface area contributed by atoms with Gasteiger partial charge >= 0.3 is 6.09 Å². The number of carboxylic acid groups (broad SMARTS) is 1. The Morgan fingerprint density at radius 1 is 0.800 bits per heavy atom. The molecule has 9 heteroatoms. The van der Waals surface area contributed by atoms with Gasteiger partial charge in [0, 0.05) is 0 Å². The van der Waals surface area contributed by atoms with Crippen LogP contribution >= 0.6 is 0 Å². The van der Waals surface area contributed by atoms with Crippen LogP contribution in [0.5, 0.6) is 0 Å². The molecule has 1 atom stereocenters. The van der Waals surface area contributed by atoms with Crippen molar-refractivity contribution in [2.45, 2.75) is 19.1 Å². The zero-order chi connectivity index (χ0) is 21.8. The van der Waals surface area contributed by atoms with E-state index < -0.39 is 43.0 Å². The van der Waals surface area contributed by atoms with Crippen LogP contribution < -0.4 is 21.1 Å². The second kappa shape index (κ2) is 11.8. The third-order valence-electron chi connectivity index (χ3n) is 3.95. The average molecular weight is 412 g/mol. The minimum Gasteiger partial charge on any atom is -0.548 e. The summed E-state index contributed by atoms with van der Waals surface area (Å²) < 4.78 is 4.96. The Morgan fingerprint density at radius 3 is 1.97 bits per heavy atom. The molecule has 30 heavy (non-hydrogen) atoms. The molecule has 0 radical (unpaired) electrons. The topological polar surface area (TPSA) is 137 Å². The number of ether oxygens (including phenoxy) is 1. The van der Waals surface area contributed by atoms with Gasteiger partial charge in [0.15, 0.2) is 0 Å². The molecule has 0 heterocycles. The molecule has 9 nitrogen and oxygen atoms in total. The van der Waals surface area contributed by atoms with E-state index in [4.69, 9.17) is 4.74 Å². The van der Waals surface area contributed by atoms with Crippen molar-refractivity contribution >= 4 is 23.9 Å². The summed E-state index contributed by atoms with van der Waals surface area (Å²) in [6.07, 6.45) is -0.726. The largest absolute Gasteiger partial charge is 0.548 e. The lowest BCUT2D eigenvalue weighted by molar-refractivity contribution is -0.308. The first-order valence-corrected chi connectivity index (χ1v) is 9.19. The van der Waals surface area contributed by atoms with Gasteiger partial charge in [0.1, 0.15) is 13.2 Å². The molecule has 0 bridgehead atoms.